The number of aromatic carboxylic acids is 1. The number of hydrogen-bond donors (Lipinski definition) is 2. The Balaban J connectivity index is 2.06. The number of benzene rings is 1. The maximum Gasteiger partial charge on any atom is 0.337 e. The average molecular weight is 286 g/mol. The molecule has 1 fully saturated rings. The Morgan fingerprint density at radius 2 is 2.10 bits per heavy atom. The van der Waals surface area contributed by atoms with E-state index < -0.39 is 5.97 Å². The highest BCUT2D eigenvalue weighted by Crippen LogP contribution is 2.28. The van der Waals surface area contributed by atoms with Gasteiger partial charge in [-0.05, 0) is 31.5 Å². The lowest BCUT2D eigenvalue weighted by molar-refractivity contribution is 0.0699. The van der Waals surface area contributed by atoms with Crippen molar-refractivity contribution in [3.8, 4) is 0 Å². The quantitative estimate of drug-likeness (QED) is 0.890. The normalized spacial score (nSPS) is 18.6. The van der Waals surface area contributed by atoms with Crippen molar-refractivity contribution in [3.63, 3.8) is 0 Å². The minimum atomic E-state index is -0.978. The van der Waals surface area contributed by atoms with E-state index >= 15 is 0 Å². The van der Waals surface area contributed by atoms with Crippen LogP contribution in [-0.4, -0.2) is 47.2 Å². The van der Waals surface area contributed by atoms with E-state index in [0.717, 1.165) is 31.6 Å². The molecule has 6 nitrogen and oxygen atoms in total. The molecule has 1 unspecified atom stereocenters. The summed E-state index contributed by atoms with van der Waals surface area (Å²) in [4.78, 5) is 22.0. The summed E-state index contributed by atoms with van der Waals surface area (Å²) in [5, 5.41) is 12.7. The lowest BCUT2D eigenvalue weighted by atomic mass is 10.0. The highest BCUT2D eigenvalue weighted by Gasteiger charge is 2.22. The molecule has 2 N–H and O–H groups in total. The third-order valence-electron chi connectivity index (χ3n) is 4.03. The van der Waals surface area contributed by atoms with Crippen LogP contribution in [0.2, 0.25) is 0 Å². The van der Waals surface area contributed by atoms with Gasteiger partial charge >= 0.3 is 5.97 Å². The maximum absolute atomic E-state index is 11.3. The molecule has 0 aliphatic carbocycles. The van der Waals surface area contributed by atoms with Gasteiger partial charge in [-0.1, -0.05) is 0 Å². The Bertz CT molecular complexity index is 668. The Morgan fingerprint density at radius 1 is 1.33 bits per heavy atom. The molecule has 110 valence electrons. The second kappa shape index (κ2) is 5.65. The molecule has 1 saturated heterocycles. The molecule has 0 spiro atoms. The van der Waals surface area contributed by atoms with Gasteiger partial charge in [0.15, 0.2) is 0 Å². The molecule has 1 aromatic carbocycles. The number of anilines is 1. The van der Waals surface area contributed by atoms with E-state index in [-0.39, 0.29) is 5.56 Å². The summed E-state index contributed by atoms with van der Waals surface area (Å²) in [5.41, 5.74) is 2.21. The largest absolute Gasteiger partial charge is 0.478 e. The smallest absolute Gasteiger partial charge is 0.337 e. The van der Waals surface area contributed by atoms with Crippen molar-refractivity contribution in [3.05, 3.63) is 30.1 Å². The van der Waals surface area contributed by atoms with E-state index in [1.807, 2.05) is 13.1 Å². The molecule has 0 saturated carbocycles. The van der Waals surface area contributed by atoms with Crippen LogP contribution in [0.1, 0.15) is 23.2 Å². The number of hydrogen-bond acceptors (Lipinski definition) is 5. The standard InChI is InChI=1S/C15H18N4O2/c1-19(10-3-2-6-16-9-10)12-5-4-11(15(20)21)13-14(12)18-8-7-17-13/h4-5,7-8,10,16H,2-3,6,9H2,1H3,(H,20,21). The number of fused-ring (bicyclic) bond motifs is 1. The number of carboxylic acid groups (broad SMARTS) is 1. The van der Waals surface area contributed by atoms with Gasteiger partial charge in [-0.2, -0.15) is 0 Å². The van der Waals surface area contributed by atoms with Crippen LogP contribution < -0.4 is 10.2 Å². The molecule has 1 atom stereocenters. The number of rotatable bonds is 3. The predicted octanol–water partition coefficient (Wildman–Crippen LogP) is 1.52. The monoisotopic (exact) mass is 286 g/mol. The fourth-order valence-electron chi connectivity index (χ4n) is 2.86. The van der Waals surface area contributed by atoms with Gasteiger partial charge in [0.1, 0.15) is 11.0 Å². The first-order chi connectivity index (χ1) is 10.2. The first kappa shape index (κ1) is 13.8. The summed E-state index contributed by atoms with van der Waals surface area (Å²) >= 11 is 0. The van der Waals surface area contributed by atoms with E-state index in [0.29, 0.717) is 17.1 Å². The molecule has 3 rings (SSSR count). The van der Waals surface area contributed by atoms with E-state index in [2.05, 4.69) is 20.2 Å². The molecule has 0 radical (unpaired) electrons. The fraction of sp³-hybridized carbons (Fsp3) is 0.400. The summed E-state index contributed by atoms with van der Waals surface area (Å²) in [5.74, 6) is -0.978. The second-order valence-corrected chi connectivity index (χ2v) is 5.30. The van der Waals surface area contributed by atoms with E-state index in [9.17, 15) is 9.90 Å². The van der Waals surface area contributed by atoms with Crippen LogP contribution in [0.25, 0.3) is 11.0 Å². The van der Waals surface area contributed by atoms with Crippen molar-refractivity contribution in [2.45, 2.75) is 18.9 Å². The first-order valence-corrected chi connectivity index (χ1v) is 7.09. The summed E-state index contributed by atoms with van der Waals surface area (Å²) in [6.07, 6.45) is 5.39. The topological polar surface area (TPSA) is 78.4 Å². The SMILES string of the molecule is CN(c1ccc(C(=O)O)c2nccnc12)C1CCCNC1. The predicted molar refractivity (Wildman–Crippen MR) is 80.8 cm³/mol. The van der Waals surface area contributed by atoms with Crippen molar-refractivity contribution < 1.29 is 9.90 Å². The number of carboxylic acids is 1. The van der Waals surface area contributed by atoms with Crippen LogP contribution in [0.3, 0.4) is 0 Å². The zero-order valence-corrected chi connectivity index (χ0v) is 11.9. The maximum atomic E-state index is 11.3. The minimum absolute atomic E-state index is 0.192. The molecule has 0 bridgehead atoms. The van der Waals surface area contributed by atoms with E-state index in [1.165, 1.54) is 6.20 Å². The van der Waals surface area contributed by atoms with Crippen LogP contribution in [0.5, 0.6) is 0 Å². The summed E-state index contributed by atoms with van der Waals surface area (Å²) in [6, 6.07) is 3.83. The van der Waals surface area contributed by atoms with Crippen LogP contribution in [0.15, 0.2) is 24.5 Å². The Kier molecular flexibility index (Phi) is 3.70. The zero-order chi connectivity index (χ0) is 14.8. The number of piperidine rings is 1. The third-order valence-corrected chi connectivity index (χ3v) is 4.03. The average Bonchev–Trinajstić information content (AvgIpc) is 2.54. The third kappa shape index (κ3) is 2.54. The van der Waals surface area contributed by atoms with Gasteiger partial charge in [0, 0.05) is 32.0 Å². The first-order valence-electron chi connectivity index (χ1n) is 7.09. The number of nitrogens with one attached hydrogen (secondary N) is 1. The second-order valence-electron chi connectivity index (χ2n) is 5.30. The molecule has 21 heavy (non-hydrogen) atoms. The van der Waals surface area contributed by atoms with Crippen molar-refractivity contribution >= 4 is 22.7 Å². The van der Waals surface area contributed by atoms with Gasteiger partial charge in [-0.15, -0.1) is 0 Å². The fourth-order valence-corrected chi connectivity index (χ4v) is 2.86. The highest BCUT2D eigenvalue weighted by atomic mass is 16.4. The summed E-state index contributed by atoms with van der Waals surface area (Å²) in [7, 11) is 2.03. The highest BCUT2D eigenvalue weighted by molar-refractivity contribution is 6.04. The Labute approximate surface area is 122 Å². The summed E-state index contributed by atoms with van der Waals surface area (Å²) < 4.78 is 0. The lowest BCUT2D eigenvalue weighted by Crippen LogP contribution is -2.44. The van der Waals surface area contributed by atoms with Crippen molar-refractivity contribution in [2.24, 2.45) is 0 Å². The number of aromatic nitrogens is 2. The minimum Gasteiger partial charge on any atom is -0.478 e. The molecular formula is C15H18N4O2. The number of likely N-dealkylation sites (N-methyl/N-ethyl adjacent to an activating group) is 1. The van der Waals surface area contributed by atoms with Crippen LogP contribution >= 0.6 is 0 Å². The van der Waals surface area contributed by atoms with Gasteiger partial charge < -0.3 is 15.3 Å². The lowest BCUT2D eigenvalue weighted by Gasteiger charge is -2.33. The molecule has 1 aliphatic heterocycles. The molecular weight excluding hydrogens is 268 g/mol. The van der Waals surface area contributed by atoms with Crippen LogP contribution in [0.4, 0.5) is 5.69 Å². The van der Waals surface area contributed by atoms with E-state index in [4.69, 9.17) is 0 Å². The van der Waals surface area contributed by atoms with Crippen molar-refractivity contribution in [1.82, 2.24) is 15.3 Å². The van der Waals surface area contributed by atoms with Gasteiger partial charge in [0.2, 0.25) is 0 Å². The molecule has 1 aromatic heterocycles. The van der Waals surface area contributed by atoms with Crippen LogP contribution in [0, 0.1) is 0 Å². The van der Waals surface area contributed by atoms with Crippen LogP contribution in [-0.2, 0) is 0 Å². The Hall–Kier alpha value is -2.21. The number of nitrogens with zero attached hydrogens (tertiary/aromatic N) is 3. The van der Waals surface area contributed by atoms with Crippen molar-refractivity contribution in [1.29, 1.82) is 0 Å². The van der Waals surface area contributed by atoms with Crippen molar-refractivity contribution in [2.75, 3.05) is 25.0 Å². The van der Waals surface area contributed by atoms with Gasteiger partial charge in [-0.25, -0.2) is 4.79 Å². The van der Waals surface area contributed by atoms with E-state index in [1.54, 1.807) is 12.3 Å². The molecule has 2 aromatic rings. The van der Waals surface area contributed by atoms with Gasteiger partial charge in [0.05, 0.1) is 11.3 Å². The molecule has 1 aliphatic rings. The molecule has 0 amide bonds. The van der Waals surface area contributed by atoms with Gasteiger partial charge in [0.25, 0.3) is 0 Å². The Morgan fingerprint density at radius 3 is 2.76 bits per heavy atom. The molecule has 6 heteroatoms. The van der Waals surface area contributed by atoms with Gasteiger partial charge in [-0.3, -0.25) is 9.97 Å². The summed E-state index contributed by atoms with van der Waals surface area (Å²) in [6.45, 7) is 1.99. The zero-order valence-electron chi connectivity index (χ0n) is 11.9. The number of carbonyl (C=O) groups is 1. The molecule has 2 heterocycles.